The molecule has 0 unspecified atom stereocenters. The zero-order valence-corrected chi connectivity index (χ0v) is 34.9. The van der Waals surface area contributed by atoms with Crippen molar-refractivity contribution in [1.82, 2.24) is 24.9 Å². The van der Waals surface area contributed by atoms with E-state index in [9.17, 15) is 0 Å². The second-order valence-electron chi connectivity index (χ2n) is 14.8. The molecule has 7 heteroatoms. The molecule has 0 N–H and O–H groups in total. The van der Waals surface area contributed by atoms with Gasteiger partial charge in [-0.15, -0.1) is 6.42 Å². The fourth-order valence-electron chi connectivity index (χ4n) is 5.31. The van der Waals surface area contributed by atoms with Crippen molar-refractivity contribution in [3.8, 4) is 12.3 Å². The predicted molar refractivity (Wildman–Crippen MR) is 225 cm³/mol. The van der Waals surface area contributed by atoms with E-state index in [2.05, 4.69) is 138 Å². The molecular weight excluding hydrogens is 672 g/mol. The van der Waals surface area contributed by atoms with E-state index in [1.165, 1.54) is 27.8 Å². The molecule has 0 spiro atoms. The Morgan fingerprint density at radius 3 is 1.34 bits per heavy atom. The van der Waals surface area contributed by atoms with Crippen molar-refractivity contribution >= 4 is 17.3 Å². The van der Waals surface area contributed by atoms with Crippen molar-refractivity contribution in [3.05, 3.63) is 153 Å². The van der Waals surface area contributed by atoms with Gasteiger partial charge >= 0.3 is 0 Å². The minimum atomic E-state index is 0.243. The first-order chi connectivity index (χ1) is 25.0. The number of hydrogen-bond acceptors (Lipinski definition) is 5. The standard InChI is InChI=1S/C10H15N.C10H11N.C9H10N2.C9H13N.C8H10ClN/c1-8-7-11-6-5-9(8)10(2,3)4;1-4-9-7-11-6-5-10(9)8(2)3;1-7(2)8-4-5-11-6-9(8)10-3;1-7(2)9-4-5-10-6-8(9)3;1-6(2)7-3-4-10-5-8(7)9/h5-7H,1-4H3;1,5-8H,2-3H3;4-7H,1-2H3;4-7H,1-3H3;3-6H,1-2H3. The van der Waals surface area contributed by atoms with Crippen LogP contribution in [0.3, 0.4) is 0 Å². The summed E-state index contributed by atoms with van der Waals surface area (Å²) < 4.78 is 0. The Morgan fingerprint density at radius 2 is 1.00 bits per heavy atom. The van der Waals surface area contributed by atoms with Crippen LogP contribution in [0.5, 0.6) is 0 Å². The number of terminal acetylenes is 1. The Labute approximate surface area is 325 Å². The first-order valence-corrected chi connectivity index (χ1v) is 18.5. The lowest BCUT2D eigenvalue weighted by Gasteiger charge is -2.20. The van der Waals surface area contributed by atoms with Crippen LogP contribution in [0.25, 0.3) is 4.85 Å². The number of rotatable bonds is 4. The summed E-state index contributed by atoms with van der Waals surface area (Å²) in [6.45, 7) is 34.7. The molecule has 0 saturated carbocycles. The first-order valence-electron chi connectivity index (χ1n) is 18.1. The molecule has 280 valence electrons. The summed E-state index contributed by atoms with van der Waals surface area (Å²) >= 11 is 5.86. The zero-order chi connectivity index (χ0) is 40.1. The summed E-state index contributed by atoms with van der Waals surface area (Å²) in [4.78, 5) is 23.2. The number of aromatic nitrogens is 5. The van der Waals surface area contributed by atoms with Crippen molar-refractivity contribution in [3.63, 3.8) is 0 Å². The van der Waals surface area contributed by atoms with Gasteiger partial charge in [0.1, 0.15) is 0 Å². The lowest BCUT2D eigenvalue weighted by molar-refractivity contribution is 0.585. The molecule has 0 aromatic carbocycles. The summed E-state index contributed by atoms with van der Waals surface area (Å²) in [6, 6.07) is 10.0. The highest BCUT2D eigenvalue weighted by Gasteiger charge is 2.15. The highest BCUT2D eigenvalue weighted by Crippen LogP contribution is 2.26. The SMILES string of the molecule is C#Cc1cnccc1C(C)C.CC(C)c1ccncc1Cl.Cc1cnccc1C(C)(C)C.Cc1cnccc1C(C)C.[C-]#[N+]c1cnccc1C(C)C. The molecule has 0 aliphatic carbocycles. The Balaban J connectivity index is 0.000000331. The normalized spacial score (nSPS) is 10.3. The van der Waals surface area contributed by atoms with E-state index in [0.717, 1.165) is 21.7 Å². The van der Waals surface area contributed by atoms with E-state index in [4.69, 9.17) is 24.6 Å². The quantitative estimate of drug-likeness (QED) is 0.136. The van der Waals surface area contributed by atoms with Gasteiger partial charge in [0, 0.05) is 67.5 Å². The van der Waals surface area contributed by atoms with Gasteiger partial charge in [0.25, 0.3) is 0 Å². The minimum Gasteiger partial charge on any atom is -0.276 e. The molecule has 5 rings (SSSR count). The Morgan fingerprint density at radius 1 is 0.585 bits per heavy atom. The number of halogens is 1. The van der Waals surface area contributed by atoms with Gasteiger partial charge < -0.3 is 0 Å². The highest BCUT2D eigenvalue weighted by molar-refractivity contribution is 6.31. The van der Waals surface area contributed by atoms with Gasteiger partial charge in [-0.3, -0.25) is 24.9 Å². The number of aryl methyl sites for hydroxylation is 2. The molecule has 0 bridgehead atoms. The van der Waals surface area contributed by atoms with E-state index < -0.39 is 0 Å². The molecule has 53 heavy (non-hydrogen) atoms. The average molecular weight is 731 g/mol. The van der Waals surface area contributed by atoms with Gasteiger partial charge in [0.2, 0.25) is 5.69 Å². The number of hydrogen-bond donors (Lipinski definition) is 0. The molecule has 0 atom stereocenters. The van der Waals surface area contributed by atoms with Crippen molar-refractivity contribution in [2.75, 3.05) is 0 Å². The van der Waals surface area contributed by atoms with Crippen LogP contribution in [0.4, 0.5) is 5.69 Å². The van der Waals surface area contributed by atoms with E-state index in [1.807, 2.05) is 43.0 Å². The summed E-state index contributed by atoms with van der Waals surface area (Å²) in [5.41, 5.74) is 10.6. The summed E-state index contributed by atoms with van der Waals surface area (Å²) in [5.74, 6) is 4.59. The van der Waals surface area contributed by atoms with Crippen LogP contribution >= 0.6 is 11.6 Å². The molecule has 6 nitrogen and oxygen atoms in total. The average Bonchev–Trinajstić information content (AvgIpc) is 3.12. The van der Waals surface area contributed by atoms with Crippen molar-refractivity contribution in [2.24, 2.45) is 0 Å². The Bertz CT molecular complexity index is 1770. The molecular formula is C46H59ClN6. The van der Waals surface area contributed by atoms with Crippen LogP contribution < -0.4 is 0 Å². The summed E-state index contributed by atoms with van der Waals surface area (Å²) in [5, 5.41) is 0.762. The van der Waals surface area contributed by atoms with Crippen molar-refractivity contribution in [2.45, 2.75) is 119 Å². The molecule has 0 saturated heterocycles. The molecule has 5 aromatic rings. The second-order valence-corrected chi connectivity index (χ2v) is 15.2. The van der Waals surface area contributed by atoms with Crippen molar-refractivity contribution < 1.29 is 0 Å². The maximum Gasteiger partial charge on any atom is 0.208 e. The summed E-state index contributed by atoms with van der Waals surface area (Å²) in [7, 11) is 0. The Hall–Kier alpha value is -4.91. The molecule has 0 aliphatic heterocycles. The van der Waals surface area contributed by atoms with Gasteiger partial charge in [0.05, 0.1) is 11.6 Å². The minimum absolute atomic E-state index is 0.243. The zero-order valence-electron chi connectivity index (χ0n) is 34.1. The lowest BCUT2D eigenvalue weighted by atomic mass is 9.85. The third-order valence-corrected chi connectivity index (χ3v) is 8.46. The fourth-order valence-corrected chi connectivity index (χ4v) is 5.65. The van der Waals surface area contributed by atoms with Gasteiger partial charge in [-0.25, -0.2) is 4.85 Å². The number of pyridine rings is 5. The van der Waals surface area contributed by atoms with Crippen LogP contribution in [0.15, 0.2) is 92.3 Å². The lowest BCUT2D eigenvalue weighted by Crippen LogP contribution is -2.12. The molecule has 5 heterocycles. The van der Waals surface area contributed by atoms with Crippen LogP contribution in [-0.4, -0.2) is 24.9 Å². The van der Waals surface area contributed by atoms with Crippen LogP contribution in [0.2, 0.25) is 5.02 Å². The molecule has 0 radical (unpaired) electrons. The topological polar surface area (TPSA) is 68.8 Å². The second kappa shape index (κ2) is 23.6. The monoisotopic (exact) mass is 730 g/mol. The highest BCUT2D eigenvalue weighted by atomic mass is 35.5. The molecule has 0 fully saturated rings. The fraction of sp³-hybridized carbons (Fsp3) is 0.391. The third kappa shape index (κ3) is 16.5. The van der Waals surface area contributed by atoms with Gasteiger partial charge in [-0.05, 0) is 106 Å². The van der Waals surface area contributed by atoms with Crippen LogP contribution in [-0.2, 0) is 5.41 Å². The molecule has 5 aromatic heterocycles. The van der Waals surface area contributed by atoms with Crippen LogP contribution in [0.1, 0.15) is 144 Å². The largest absolute Gasteiger partial charge is 0.276 e. The van der Waals surface area contributed by atoms with E-state index in [-0.39, 0.29) is 5.41 Å². The molecule has 0 amide bonds. The summed E-state index contributed by atoms with van der Waals surface area (Å²) in [6.07, 6.45) is 23.1. The number of nitrogens with zero attached hydrogens (tertiary/aromatic N) is 6. The van der Waals surface area contributed by atoms with Gasteiger partial charge in [-0.2, -0.15) is 0 Å². The predicted octanol–water partition coefficient (Wildman–Crippen LogP) is 13.0. The third-order valence-electron chi connectivity index (χ3n) is 8.15. The first kappa shape index (κ1) is 46.1. The molecule has 0 aliphatic rings. The van der Waals surface area contributed by atoms with E-state index in [0.29, 0.717) is 29.4 Å². The van der Waals surface area contributed by atoms with E-state index in [1.54, 1.807) is 37.2 Å². The maximum atomic E-state index is 6.86. The Kier molecular flexibility index (Phi) is 20.5. The maximum absolute atomic E-state index is 6.86. The van der Waals surface area contributed by atoms with Crippen molar-refractivity contribution in [1.29, 1.82) is 0 Å². The smallest absolute Gasteiger partial charge is 0.208 e. The van der Waals surface area contributed by atoms with Gasteiger partial charge in [-0.1, -0.05) is 99.7 Å². The van der Waals surface area contributed by atoms with E-state index >= 15 is 0 Å². The van der Waals surface area contributed by atoms with Crippen LogP contribution in [0, 0.1) is 32.8 Å². The van der Waals surface area contributed by atoms with Gasteiger partial charge in [0.15, 0.2) is 0 Å².